The molecule has 0 amide bonds. The van der Waals surface area contributed by atoms with Crippen molar-refractivity contribution in [1.29, 1.82) is 0 Å². The van der Waals surface area contributed by atoms with Crippen LogP contribution in [0, 0.1) is 5.82 Å². The Bertz CT molecular complexity index is 237. The molecule has 2 N–H and O–H groups in total. The maximum atomic E-state index is 12.5. The van der Waals surface area contributed by atoms with Crippen molar-refractivity contribution in [1.82, 2.24) is 0 Å². The van der Waals surface area contributed by atoms with Gasteiger partial charge >= 0.3 is 0 Å². The third-order valence-electron chi connectivity index (χ3n) is 1.16. The van der Waals surface area contributed by atoms with Gasteiger partial charge in [-0.05, 0) is 6.07 Å². The molecule has 0 aromatic heterocycles. The molecular formula is C6H4BClFN. The molecule has 50 valence electrons. The molecule has 0 aliphatic rings. The van der Waals surface area contributed by atoms with Crippen LogP contribution in [0.1, 0.15) is 0 Å². The first-order valence-corrected chi connectivity index (χ1v) is 2.99. The topological polar surface area (TPSA) is 26.0 Å². The highest BCUT2D eigenvalue weighted by molar-refractivity contribution is 6.46. The summed E-state index contributed by atoms with van der Waals surface area (Å²) in [6.45, 7) is 0. The maximum Gasteiger partial charge on any atom is 0.147 e. The van der Waals surface area contributed by atoms with E-state index in [0.29, 0.717) is 5.46 Å². The molecule has 1 rings (SSSR count). The van der Waals surface area contributed by atoms with Gasteiger partial charge < -0.3 is 5.73 Å². The van der Waals surface area contributed by atoms with Crippen molar-refractivity contribution in [2.45, 2.75) is 0 Å². The van der Waals surface area contributed by atoms with Crippen LogP contribution in [0.5, 0.6) is 0 Å². The van der Waals surface area contributed by atoms with Crippen LogP contribution in [0.4, 0.5) is 10.1 Å². The first kappa shape index (κ1) is 7.41. The Morgan fingerprint density at radius 3 is 2.60 bits per heavy atom. The van der Waals surface area contributed by atoms with E-state index in [0.717, 1.165) is 0 Å². The quantitative estimate of drug-likeness (QED) is 0.436. The molecule has 0 heterocycles. The zero-order valence-corrected chi connectivity index (χ0v) is 5.82. The third kappa shape index (κ3) is 1.09. The fourth-order valence-corrected chi connectivity index (χ4v) is 0.739. The van der Waals surface area contributed by atoms with Gasteiger partial charge in [0.1, 0.15) is 13.7 Å². The smallest absolute Gasteiger partial charge is 0.147 e. The average Bonchev–Trinajstić information content (AvgIpc) is 1.93. The highest BCUT2D eigenvalue weighted by Crippen LogP contribution is 2.17. The van der Waals surface area contributed by atoms with E-state index < -0.39 is 5.82 Å². The Morgan fingerprint density at radius 2 is 2.10 bits per heavy atom. The van der Waals surface area contributed by atoms with Crippen LogP contribution in [0.15, 0.2) is 12.1 Å². The molecule has 0 atom stereocenters. The van der Waals surface area contributed by atoms with E-state index in [9.17, 15) is 4.39 Å². The number of benzene rings is 1. The molecule has 1 nitrogen and oxygen atoms in total. The van der Waals surface area contributed by atoms with E-state index in [2.05, 4.69) is 0 Å². The first-order valence-electron chi connectivity index (χ1n) is 2.62. The Hall–Kier alpha value is -0.695. The van der Waals surface area contributed by atoms with E-state index in [4.69, 9.17) is 25.2 Å². The summed E-state index contributed by atoms with van der Waals surface area (Å²) in [6, 6.07) is 2.55. The third-order valence-corrected chi connectivity index (χ3v) is 1.58. The summed E-state index contributed by atoms with van der Waals surface area (Å²) >= 11 is 5.49. The van der Waals surface area contributed by atoms with Gasteiger partial charge in [0, 0.05) is 0 Å². The number of nitrogens with two attached hydrogens (primary N) is 1. The molecule has 0 aliphatic carbocycles. The summed E-state index contributed by atoms with van der Waals surface area (Å²) in [5.74, 6) is -0.542. The molecule has 0 saturated carbocycles. The number of hydrogen-bond acceptors (Lipinski definition) is 1. The molecule has 10 heavy (non-hydrogen) atoms. The second-order valence-electron chi connectivity index (χ2n) is 1.86. The summed E-state index contributed by atoms with van der Waals surface area (Å²) in [6.07, 6.45) is 0. The molecule has 1 aromatic carbocycles. The number of anilines is 1. The normalized spacial score (nSPS) is 9.80. The van der Waals surface area contributed by atoms with Gasteiger partial charge in [0.2, 0.25) is 0 Å². The van der Waals surface area contributed by atoms with Crippen molar-refractivity contribution in [2.75, 3.05) is 5.73 Å². The highest BCUT2D eigenvalue weighted by atomic mass is 35.5. The van der Waals surface area contributed by atoms with Gasteiger partial charge in [-0.1, -0.05) is 23.1 Å². The largest absolute Gasteiger partial charge is 0.395 e. The van der Waals surface area contributed by atoms with Crippen LogP contribution in [0.3, 0.4) is 0 Å². The summed E-state index contributed by atoms with van der Waals surface area (Å²) in [7, 11) is 5.31. The van der Waals surface area contributed by atoms with Crippen molar-refractivity contribution in [3.8, 4) is 0 Å². The number of hydrogen-bond donors (Lipinski definition) is 1. The minimum atomic E-state index is -0.542. The fourth-order valence-electron chi connectivity index (χ4n) is 0.586. The second-order valence-corrected chi connectivity index (χ2v) is 2.24. The summed E-state index contributed by atoms with van der Waals surface area (Å²) in [5, 5.41) is 0.0833. The molecular weight excluding hydrogens is 151 g/mol. The monoisotopic (exact) mass is 155 g/mol. The van der Waals surface area contributed by atoms with E-state index in [1.165, 1.54) is 12.1 Å². The van der Waals surface area contributed by atoms with Gasteiger partial charge in [-0.3, -0.25) is 0 Å². The Labute approximate surface area is 64.4 Å². The fraction of sp³-hybridized carbons (Fsp3) is 0. The lowest BCUT2D eigenvalue weighted by atomic mass is 9.96. The summed E-state index contributed by atoms with van der Waals surface area (Å²) in [5.41, 5.74) is 5.39. The minimum absolute atomic E-state index is 0.0833. The average molecular weight is 155 g/mol. The lowest BCUT2D eigenvalue weighted by molar-refractivity contribution is 0.633. The van der Waals surface area contributed by atoms with Gasteiger partial charge in [0.05, 0.1) is 10.7 Å². The van der Waals surface area contributed by atoms with E-state index in [-0.39, 0.29) is 10.7 Å². The van der Waals surface area contributed by atoms with Crippen molar-refractivity contribution in [3.05, 3.63) is 23.0 Å². The first-order chi connectivity index (χ1) is 4.63. The van der Waals surface area contributed by atoms with Crippen LogP contribution < -0.4 is 11.2 Å². The molecule has 0 saturated heterocycles. The minimum Gasteiger partial charge on any atom is -0.395 e. The van der Waals surface area contributed by atoms with Crippen molar-refractivity contribution in [2.24, 2.45) is 0 Å². The summed E-state index contributed by atoms with van der Waals surface area (Å²) in [4.78, 5) is 0. The SMILES string of the molecule is [B]c1ccc(F)c(N)c1Cl. The Balaban J connectivity index is 3.34. The number of rotatable bonds is 0. The van der Waals surface area contributed by atoms with Crippen LogP contribution in [-0.4, -0.2) is 7.85 Å². The van der Waals surface area contributed by atoms with Gasteiger partial charge in [-0.25, -0.2) is 4.39 Å². The molecule has 0 spiro atoms. The zero-order chi connectivity index (χ0) is 7.72. The molecule has 0 bridgehead atoms. The standard InChI is InChI=1S/C6H4BClFN/c7-3-1-2-4(9)6(10)5(3)8/h1-2H,10H2. The summed E-state index contributed by atoms with van der Waals surface area (Å²) < 4.78 is 12.5. The van der Waals surface area contributed by atoms with Gasteiger partial charge in [0.25, 0.3) is 0 Å². The highest BCUT2D eigenvalue weighted by Gasteiger charge is 2.03. The van der Waals surface area contributed by atoms with Crippen LogP contribution in [-0.2, 0) is 0 Å². The number of nitrogen functional groups attached to an aromatic ring is 1. The molecule has 2 radical (unpaired) electrons. The predicted octanol–water partition coefficient (Wildman–Crippen LogP) is 0.855. The molecule has 4 heteroatoms. The van der Waals surface area contributed by atoms with Crippen LogP contribution in [0.2, 0.25) is 5.02 Å². The predicted molar refractivity (Wildman–Crippen MR) is 41.2 cm³/mol. The molecule has 0 unspecified atom stereocenters. The van der Waals surface area contributed by atoms with Gasteiger partial charge in [-0.2, -0.15) is 0 Å². The molecule has 0 aliphatic heterocycles. The van der Waals surface area contributed by atoms with Crippen LogP contribution in [0.25, 0.3) is 0 Å². The lowest BCUT2D eigenvalue weighted by Crippen LogP contribution is -2.07. The second kappa shape index (κ2) is 2.50. The van der Waals surface area contributed by atoms with Gasteiger partial charge in [-0.15, -0.1) is 0 Å². The van der Waals surface area contributed by atoms with E-state index >= 15 is 0 Å². The van der Waals surface area contributed by atoms with Crippen LogP contribution >= 0.6 is 11.6 Å². The van der Waals surface area contributed by atoms with Crippen molar-refractivity contribution in [3.63, 3.8) is 0 Å². The van der Waals surface area contributed by atoms with E-state index in [1.54, 1.807) is 0 Å². The van der Waals surface area contributed by atoms with Gasteiger partial charge in [0.15, 0.2) is 0 Å². The maximum absolute atomic E-state index is 12.5. The Morgan fingerprint density at radius 1 is 1.50 bits per heavy atom. The lowest BCUT2D eigenvalue weighted by Gasteiger charge is -2.01. The number of halogens is 2. The zero-order valence-electron chi connectivity index (χ0n) is 5.07. The molecule has 1 aromatic rings. The van der Waals surface area contributed by atoms with Crippen molar-refractivity contribution < 1.29 is 4.39 Å². The Kier molecular flexibility index (Phi) is 1.86. The molecule has 0 fully saturated rings. The van der Waals surface area contributed by atoms with Crippen molar-refractivity contribution >= 4 is 30.6 Å². The van der Waals surface area contributed by atoms with E-state index in [1.807, 2.05) is 0 Å².